The van der Waals surface area contributed by atoms with Crippen LogP contribution in [-0.2, 0) is 9.59 Å². The molecule has 2 rings (SSSR count). The minimum absolute atomic E-state index is 0.0531. The van der Waals surface area contributed by atoms with Crippen molar-refractivity contribution in [3.05, 3.63) is 0 Å². The van der Waals surface area contributed by atoms with Gasteiger partial charge in [0.2, 0.25) is 5.91 Å². The number of nitrogens with one attached hydrogen (secondary N) is 2. The van der Waals surface area contributed by atoms with Crippen LogP contribution in [0.3, 0.4) is 0 Å². The molecule has 0 aromatic heterocycles. The van der Waals surface area contributed by atoms with E-state index in [-0.39, 0.29) is 11.9 Å². The molecule has 2 fully saturated rings. The van der Waals surface area contributed by atoms with Gasteiger partial charge in [0.1, 0.15) is 12.1 Å². The van der Waals surface area contributed by atoms with Crippen LogP contribution in [0.25, 0.3) is 0 Å². The van der Waals surface area contributed by atoms with Gasteiger partial charge in [-0.15, -0.1) is 0 Å². The first-order valence-electron chi connectivity index (χ1n) is 12.2. The SMILES string of the molecule is CN(C(=O)[C@@H](CC1CCCCC1)NC(=O)NC(CCCCN)C(=O)O)C1CCCCC1. The lowest BCUT2D eigenvalue weighted by Gasteiger charge is -2.35. The number of nitrogens with two attached hydrogens (primary N) is 1. The summed E-state index contributed by atoms with van der Waals surface area (Å²) in [5.74, 6) is -0.702. The van der Waals surface area contributed by atoms with E-state index in [9.17, 15) is 19.5 Å². The van der Waals surface area contributed by atoms with Crippen LogP contribution in [0.2, 0.25) is 0 Å². The molecule has 2 aliphatic carbocycles. The molecule has 31 heavy (non-hydrogen) atoms. The van der Waals surface area contributed by atoms with Crippen LogP contribution in [0.4, 0.5) is 4.79 Å². The lowest BCUT2D eigenvalue weighted by molar-refractivity contribution is -0.139. The Morgan fingerprint density at radius 3 is 2.10 bits per heavy atom. The summed E-state index contributed by atoms with van der Waals surface area (Å²) in [7, 11) is 1.85. The normalized spacial score (nSPS) is 19.9. The van der Waals surface area contributed by atoms with E-state index in [1.165, 1.54) is 25.7 Å². The number of rotatable bonds is 11. The summed E-state index contributed by atoms with van der Waals surface area (Å²) in [6.45, 7) is 0.490. The molecule has 1 unspecified atom stereocenters. The van der Waals surface area contributed by atoms with Gasteiger partial charge in [0, 0.05) is 13.1 Å². The molecule has 5 N–H and O–H groups in total. The second-order valence-electron chi connectivity index (χ2n) is 9.33. The van der Waals surface area contributed by atoms with Gasteiger partial charge >= 0.3 is 12.0 Å². The minimum Gasteiger partial charge on any atom is -0.480 e. The molecule has 178 valence electrons. The zero-order valence-electron chi connectivity index (χ0n) is 19.1. The Hall–Kier alpha value is -1.83. The van der Waals surface area contributed by atoms with E-state index >= 15 is 0 Å². The smallest absolute Gasteiger partial charge is 0.326 e. The fraction of sp³-hybridized carbons (Fsp3) is 0.870. The standard InChI is InChI=1S/C23H42N4O4/c1-27(18-12-6-3-7-13-18)21(28)20(16-17-10-4-2-5-11-17)26-23(31)25-19(22(29)30)14-8-9-15-24/h17-20H,2-16,24H2,1H3,(H,29,30)(H2,25,26,31)/t19?,20-/m1/s1. The van der Waals surface area contributed by atoms with Crippen molar-refractivity contribution >= 4 is 17.9 Å². The van der Waals surface area contributed by atoms with E-state index < -0.39 is 24.1 Å². The molecule has 8 nitrogen and oxygen atoms in total. The topological polar surface area (TPSA) is 125 Å². The summed E-state index contributed by atoms with van der Waals surface area (Å²) < 4.78 is 0. The second kappa shape index (κ2) is 13.6. The van der Waals surface area contributed by atoms with Gasteiger partial charge in [0.15, 0.2) is 0 Å². The Morgan fingerprint density at radius 2 is 1.52 bits per heavy atom. The van der Waals surface area contributed by atoms with Gasteiger partial charge in [-0.2, -0.15) is 0 Å². The van der Waals surface area contributed by atoms with Gasteiger partial charge in [-0.05, 0) is 51.0 Å². The number of likely N-dealkylation sites (N-methyl/N-ethyl adjacent to an activating group) is 1. The van der Waals surface area contributed by atoms with E-state index in [2.05, 4.69) is 10.6 Å². The molecule has 0 aromatic carbocycles. The molecule has 2 aliphatic rings. The van der Waals surface area contributed by atoms with Gasteiger partial charge in [-0.25, -0.2) is 9.59 Å². The maximum atomic E-state index is 13.3. The first kappa shape index (κ1) is 25.4. The van der Waals surface area contributed by atoms with Crippen LogP contribution < -0.4 is 16.4 Å². The molecule has 2 saturated carbocycles. The number of carbonyl (C=O) groups is 3. The van der Waals surface area contributed by atoms with Crippen LogP contribution in [0, 0.1) is 5.92 Å². The number of amides is 3. The predicted octanol–water partition coefficient (Wildman–Crippen LogP) is 3.00. The van der Waals surface area contributed by atoms with Crippen molar-refractivity contribution in [3.63, 3.8) is 0 Å². The van der Waals surface area contributed by atoms with Crippen molar-refractivity contribution in [2.45, 2.75) is 108 Å². The van der Waals surface area contributed by atoms with Crippen LogP contribution in [0.5, 0.6) is 0 Å². The molecular formula is C23H42N4O4. The summed E-state index contributed by atoms with van der Waals surface area (Å²) in [6, 6.07) is -1.95. The highest BCUT2D eigenvalue weighted by atomic mass is 16.4. The fourth-order valence-electron chi connectivity index (χ4n) is 4.98. The lowest BCUT2D eigenvalue weighted by atomic mass is 9.84. The molecule has 0 spiro atoms. The number of carboxylic acids is 1. The highest BCUT2D eigenvalue weighted by Gasteiger charge is 2.32. The van der Waals surface area contributed by atoms with Crippen molar-refractivity contribution < 1.29 is 19.5 Å². The third-order valence-corrected chi connectivity index (χ3v) is 6.92. The van der Waals surface area contributed by atoms with Crippen molar-refractivity contribution in [1.82, 2.24) is 15.5 Å². The molecule has 0 saturated heterocycles. The monoisotopic (exact) mass is 438 g/mol. The lowest BCUT2D eigenvalue weighted by Crippen LogP contribution is -2.55. The zero-order valence-corrected chi connectivity index (χ0v) is 19.1. The number of carboxylic acid groups (broad SMARTS) is 1. The van der Waals surface area contributed by atoms with Gasteiger partial charge in [-0.1, -0.05) is 51.4 Å². The van der Waals surface area contributed by atoms with Crippen molar-refractivity contribution in [2.24, 2.45) is 11.7 Å². The maximum Gasteiger partial charge on any atom is 0.326 e. The Morgan fingerprint density at radius 1 is 0.935 bits per heavy atom. The molecule has 0 radical (unpaired) electrons. The number of aliphatic carboxylic acids is 1. The third-order valence-electron chi connectivity index (χ3n) is 6.92. The van der Waals surface area contributed by atoms with E-state index in [0.717, 1.165) is 38.5 Å². The van der Waals surface area contributed by atoms with E-state index in [1.807, 2.05) is 11.9 Å². The highest BCUT2D eigenvalue weighted by Crippen LogP contribution is 2.29. The van der Waals surface area contributed by atoms with Gasteiger partial charge < -0.3 is 26.4 Å². The predicted molar refractivity (Wildman–Crippen MR) is 121 cm³/mol. The number of urea groups is 1. The summed E-state index contributed by atoms with van der Waals surface area (Å²) in [6.07, 6.45) is 13.5. The van der Waals surface area contributed by atoms with Crippen LogP contribution in [-0.4, -0.2) is 59.6 Å². The average Bonchev–Trinajstić information content (AvgIpc) is 2.78. The summed E-state index contributed by atoms with van der Waals surface area (Å²) >= 11 is 0. The van der Waals surface area contributed by atoms with Crippen molar-refractivity contribution in [1.29, 1.82) is 0 Å². The largest absolute Gasteiger partial charge is 0.480 e. The highest BCUT2D eigenvalue weighted by molar-refractivity contribution is 5.88. The van der Waals surface area contributed by atoms with Gasteiger partial charge in [-0.3, -0.25) is 4.79 Å². The molecule has 3 amide bonds. The number of unbranched alkanes of at least 4 members (excludes halogenated alkanes) is 1. The average molecular weight is 439 g/mol. The van der Waals surface area contributed by atoms with E-state index in [0.29, 0.717) is 38.1 Å². The third kappa shape index (κ3) is 8.67. The summed E-state index contributed by atoms with van der Waals surface area (Å²) in [4.78, 5) is 39.4. The molecule has 0 aliphatic heterocycles. The van der Waals surface area contributed by atoms with Crippen LogP contribution in [0.1, 0.15) is 89.9 Å². The molecular weight excluding hydrogens is 396 g/mol. The van der Waals surface area contributed by atoms with Gasteiger partial charge in [0.05, 0.1) is 0 Å². The van der Waals surface area contributed by atoms with Crippen LogP contribution in [0.15, 0.2) is 0 Å². The summed E-state index contributed by atoms with van der Waals surface area (Å²) in [5, 5.41) is 14.8. The Kier molecular flexibility index (Phi) is 11.1. The van der Waals surface area contributed by atoms with Gasteiger partial charge in [0.25, 0.3) is 0 Å². The van der Waals surface area contributed by atoms with E-state index in [4.69, 9.17) is 5.73 Å². The number of carbonyl (C=O) groups excluding carboxylic acids is 2. The molecule has 0 bridgehead atoms. The Balaban J connectivity index is 2.01. The molecule has 0 heterocycles. The minimum atomic E-state index is -1.07. The Labute approximate surface area is 186 Å². The second-order valence-corrected chi connectivity index (χ2v) is 9.33. The summed E-state index contributed by atoms with van der Waals surface area (Å²) in [5.41, 5.74) is 5.48. The molecule has 0 aromatic rings. The molecule has 8 heteroatoms. The number of hydrogen-bond donors (Lipinski definition) is 4. The quantitative estimate of drug-likeness (QED) is 0.369. The van der Waals surface area contributed by atoms with E-state index in [1.54, 1.807) is 0 Å². The number of hydrogen-bond acceptors (Lipinski definition) is 4. The first-order chi connectivity index (χ1) is 14.9. The number of nitrogens with zero attached hydrogens (tertiary/aromatic N) is 1. The van der Waals surface area contributed by atoms with Crippen molar-refractivity contribution in [3.8, 4) is 0 Å². The maximum absolute atomic E-state index is 13.3. The van der Waals surface area contributed by atoms with Crippen LogP contribution >= 0.6 is 0 Å². The molecule has 2 atom stereocenters. The Bertz CT molecular complexity index is 574. The first-order valence-corrected chi connectivity index (χ1v) is 12.2. The zero-order chi connectivity index (χ0) is 22.6. The fourth-order valence-corrected chi connectivity index (χ4v) is 4.98. The van der Waals surface area contributed by atoms with Crippen molar-refractivity contribution in [2.75, 3.05) is 13.6 Å².